The first-order valence-corrected chi connectivity index (χ1v) is 5.84. The maximum atomic E-state index is 9.19. The van der Waals surface area contributed by atoms with Gasteiger partial charge in [0.2, 0.25) is 0 Å². The lowest BCUT2D eigenvalue weighted by Crippen LogP contribution is -2.23. The summed E-state index contributed by atoms with van der Waals surface area (Å²) in [7, 11) is 0. The maximum absolute atomic E-state index is 9.19. The molecule has 0 spiro atoms. The predicted octanol–water partition coefficient (Wildman–Crippen LogP) is 1.19. The number of halogens is 1. The highest BCUT2D eigenvalue weighted by molar-refractivity contribution is 9.09. The van der Waals surface area contributed by atoms with Gasteiger partial charge in [0.1, 0.15) is 0 Å². The second kappa shape index (κ2) is 6.76. The van der Waals surface area contributed by atoms with Gasteiger partial charge in [-0.3, -0.25) is 0 Å². The molecule has 0 aromatic carbocycles. The number of ether oxygens (including phenoxy) is 2. The minimum Gasteiger partial charge on any atom is -0.390 e. The van der Waals surface area contributed by atoms with Crippen molar-refractivity contribution in [2.45, 2.75) is 18.9 Å². The molecular formula is C9H17BrO3. The molecule has 1 atom stereocenters. The molecule has 1 N–H and O–H groups in total. The largest absolute Gasteiger partial charge is 0.390 e. The molecule has 13 heavy (non-hydrogen) atoms. The Bertz CT molecular complexity index is 126. The van der Waals surface area contributed by atoms with Crippen molar-refractivity contribution < 1.29 is 14.6 Å². The Balaban J connectivity index is 1.98. The van der Waals surface area contributed by atoms with Gasteiger partial charge in [-0.1, -0.05) is 15.9 Å². The van der Waals surface area contributed by atoms with Gasteiger partial charge in [-0.25, -0.2) is 0 Å². The molecule has 0 aromatic rings. The van der Waals surface area contributed by atoms with Crippen molar-refractivity contribution in [3.8, 4) is 0 Å². The Morgan fingerprint density at radius 3 is 2.77 bits per heavy atom. The van der Waals surface area contributed by atoms with E-state index in [1.54, 1.807) is 0 Å². The number of hydrogen-bond acceptors (Lipinski definition) is 3. The Hall–Kier alpha value is 0.360. The minimum absolute atomic E-state index is 0.375. The van der Waals surface area contributed by atoms with Crippen LogP contribution in [0.25, 0.3) is 0 Å². The molecule has 0 amide bonds. The molecule has 1 saturated heterocycles. The van der Waals surface area contributed by atoms with E-state index in [9.17, 15) is 5.11 Å². The zero-order valence-corrected chi connectivity index (χ0v) is 9.33. The lowest BCUT2D eigenvalue weighted by atomic mass is 10.0. The SMILES string of the molecule is OC(CBr)COCC1CCOCC1. The maximum Gasteiger partial charge on any atom is 0.0870 e. The molecule has 0 aliphatic carbocycles. The standard InChI is InChI=1S/C9H17BrO3/c10-5-9(11)7-13-6-8-1-3-12-4-2-8/h8-9,11H,1-7H2. The summed E-state index contributed by atoms with van der Waals surface area (Å²) in [4.78, 5) is 0. The minimum atomic E-state index is -0.375. The average Bonchev–Trinajstić information content (AvgIpc) is 2.19. The molecule has 0 radical (unpaired) electrons. The highest BCUT2D eigenvalue weighted by atomic mass is 79.9. The molecule has 4 heteroatoms. The van der Waals surface area contributed by atoms with Gasteiger partial charge in [0, 0.05) is 25.2 Å². The number of aliphatic hydroxyl groups excluding tert-OH is 1. The summed E-state index contributed by atoms with van der Waals surface area (Å²) >= 11 is 3.19. The molecule has 3 nitrogen and oxygen atoms in total. The fourth-order valence-electron chi connectivity index (χ4n) is 1.33. The Morgan fingerprint density at radius 2 is 2.15 bits per heavy atom. The first-order valence-electron chi connectivity index (χ1n) is 4.72. The van der Waals surface area contributed by atoms with Crippen molar-refractivity contribution in [1.82, 2.24) is 0 Å². The van der Waals surface area contributed by atoms with Gasteiger partial charge in [-0.05, 0) is 18.8 Å². The lowest BCUT2D eigenvalue weighted by molar-refractivity contribution is -0.00343. The normalized spacial score (nSPS) is 21.7. The molecule has 1 fully saturated rings. The van der Waals surface area contributed by atoms with Crippen molar-refractivity contribution >= 4 is 15.9 Å². The summed E-state index contributed by atoms with van der Waals surface area (Å²) in [6.07, 6.45) is 1.80. The highest BCUT2D eigenvalue weighted by Gasteiger charge is 2.14. The zero-order chi connectivity index (χ0) is 9.52. The second-order valence-electron chi connectivity index (χ2n) is 3.40. The smallest absolute Gasteiger partial charge is 0.0870 e. The van der Waals surface area contributed by atoms with Gasteiger partial charge in [0.05, 0.1) is 12.7 Å². The summed E-state index contributed by atoms with van der Waals surface area (Å²) < 4.78 is 10.6. The molecule has 1 aliphatic heterocycles. The quantitative estimate of drug-likeness (QED) is 0.748. The van der Waals surface area contributed by atoms with E-state index >= 15 is 0 Å². The van der Waals surface area contributed by atoms with E-state index in [0.29, 0.717) is 17.9 Å². The van der Waals surface area contributed by atoms with Crippen LogP contribution in [0.2, 0.25) is 0 Å². The summed E-state index contributed by atoms with van der Waals surface area (Å²) in [5, 5.41) is 9.77. The van der Waals surface area contributed by atoms with E-state index in [4.69, 9.17) is 9.47 Å². The average molecular weight is 253 g/mol. The van der Waals surface area contributed by atoms with E-state index < -0.39 is 0 Å². The van der Waals surface area contributed by atoms with Crippen molar-refractivity contribution in [2.75, 3.05) is 31.8 Å². The van der Waals surface area contributed by atoms with Crippen LogP contribution in [0.5, 0.6) is 0 Å². The summed E-state index contributed by atoms with van der Waals surface area (Å²) in [5.41, 5.74) is 0. The summed E-state index contributed by atoms with van der Waals surface area (Å²) in [6.45, 7) is 2.90. The molecule has 78 valence electrons. The van der Waals surface area contributed by atoms with Crippen LogP contribution >= 0.6 is 15.9 Å². The molecular weight excluding hydrogens is 236 g/mol. The summed E-state index contributed by atoms with van der Waals surface area (Å²) in [6, 6.07) is 0. The van der Waals surface area contributed by atoms with Crippen molar-refractivity contribution in [1.29, 1.82) is 0 Å². The van der Waals surface area contributed by atoms with Crippen LogP contribution in [-0.2, 0) is 9.47 Å². The monoisotopic (exact) mass is 252 g/mol. The Labute approximate surface area is 87.5 Å². The van der Waals surface area contributed by atoms with Crippen molar-refractivity contribution in [3.63, 3.8) is 0 Å². The van der Waals surface area contributed by atoms with Crippen molar-refractivity contribution in [3.05, 3.63) is 0 Å². The topological polar surface area (TPSA) is 38.7 Å². The molecule has 0 aromatic heterocycles. The van der Waals surface area contributed by atoms with Crippen LogP contribution in [0.4, 0.5) is 0 Å². The van der Waals surface area contributed by atoms with E-state index in [2.05, 4.69) is 15.9 Å². The van der Waals surface area contributed by atoms with Crippen molar-refractivity contribution in [2.24, 2.45) is 5.92 Å². The van der Waals surface area contributed by atoms with Crippen LogP contribution in [-0.4, -0.2) is 43.0 Å². The van der Waals surface area contributed by atoms with Crippen LogP contribution in [0.3, 0.4) is 0 Å². The van der Waals surface area contributed by atoms with E-state index in [0.717, 1.165) is 32.7 Å². The first-order chi connectivity index (χ1) is 6.33. The fourth-order valence-corrected chi connectivity index (χ4v) is 1.52. The molecule has 1 heterocycles. The van der Waals surface area contributed by atoms with Crippen LogP contribution in [0.15, 0.2) is 0 Å². The van der Waals surface area contributed by atoms with Gasteiger partial charge in [-0.15, -0.1) is 0 Å². The number of hydrogen-bond donors (Lipinski definition) is 1. The highest BCUT2D eigenvalue weighted by Crippen LogP contribution is 2.14. The lowest BCUT2D eigenvalue weighted by Gasteiger charge is -2.22. The fraction of sp³-hybridized carbons (Fsp3) is 1.00. The van der Waals surface area contributed by atoms with E-state index in [-0.39, 0.29) is 6.10 Å². The Kier molecular flexibility index (Phi) is 5.95. The number of rotatable bonds is 5. The van der Waals surface area contributed by atoms with Crippen LogP contribution in [0, 0.1) is 5.92 Å². The second-order valence-corrected chi connectivity index (χ2v) is 4.05. The third kappa shape index (κ3) is 4.96. The molecule has 1 rings (SSSR count). The van der Waals surface area contributed by atoms with Gasteiger partial charge in [0.15, 0.2) is 0 Å². The first kappa shape index (κ1) is 11.4. The van der Waals surface area contributed by atoms with Crippen LogP contribution < -0.4 is 0 Å². The predicted molar refractivity (Wildman–Crippen MR) is 54.2 cm³/mol. The van der Waals surface area contributed by atoms with E-state index in [1.807, 2.05) is 0 Å². The van der Waals surface area contributed by atoms with Gasteiger partial charge in [0.25, 0.3) is 0 Å². The van der Waals surface area contributed by atoms with Gasteiger partial charge >= 0.3 is 0 Å². The third-order valence-electron chi connectivity index (χ3n) is 2.18. The molecule has 1 unspecified atom stereocenters. The van der Waals surface area contributed by atoms with E-state index in [1.165, 1.54) is 0 Å². The summed E-state index contributed by atoms with van der Waals surface area (Å²) in [5.74, 6) is 0.622. The van der Waals surface area contributed by atoms with Gasteiger partial charge in [-0.2, -0.15) is 0 Å². The zero-order valence-electron chi connectivity index (χ0n) is 7.75. The number of alkyl halides is 1. The Morgan fingerprint density at radius 1 is 1.46 bits per heavy atom. The molecule has 0 bridgehead atoms. The number of aliphatic hydroxyl groups is 1. The molecule has 0 saturated carbocycles. The molecule has 1 aliphatic rings. The van der Waals surface area contributed by atoms with Crippen LogP contribution in [0.1, 0.15) is 12.8 Å². The van der Waals surface area contributed by atoms with Gasteiger partial charge < -0.3 is 14.6 Å². The third-order valence-corrected chi connectivity index (χ3v) is 2.93.